The van der Waals surface area contributed by atoms with Crippen molar-refractivity contribution in [3.05, 3.63) is 18.3 Å². The number of hydrogen-bond acceptors (Lipinski definition) is 4. The van der Waals surface area contributed by atoms with E-state index in [9.17, 15) is 5.11 Å². The third-order valence-electron chi connectivity index (χ3n) is 3.06. The summed E-state index contributed by atoms with van der Waals surface area (Å²) < 4.78 is 0. The fourth-order valence-corrected chi connectivity index (χ4v) is 2.07. The summed E-state index contributed by atoms with van der Waals surface area (Å²) >= 11 is 0. The average molecular weight is 248 g/mol. The molecule has 0 radical (unpaired) electrons. The standard InChI is InChI=1S/C13H20N4O/c1-3-4-13(2,18)8-15-12-6-11-9(5-10(12)14)7-16-17-11/h5-7,15,18H,3-4,8,14H2,1-2H3,(H,16,17). The van der Waals surface area contributed by atoms with Crippen LogP contribution in [-0.4, -0.2) is 27.4 Å². The quantitative estimate of drug-likeness (QED) is 0.610. The molecular formula is C13H20N4O. The summed E-state index contributed by atoms with van der Waals surface area (Å²) in [6, 6.07) is 3.79. The molecule has 5 heteroatoms. The molecule has 1 unspecified atom stereocenters. The van der Waals surface area contributed by atoms with Gasteiger partial charge >= 0.3 is 0 Å². The maximum absolute atomic E-state index is 10.1. The maximum atomic E-state index is 10.1. The zero-order valence-electron chi connectivity index (χ0n) is 10.8. The molecule has 5 N–H and O–H groups in total. The van der Waals surface area contributed by atoms with Gasteiger partial charge in [0.25, 0.3) is 0 Å². The van der Waals surface area contributed by atoms with Gasteiger partial charge in [-0.2, -0.15) is 5.10 Å². The second-order valence-electron chi connectivity index (χ2n) is 5.00. The Morgan fingerprint density at radius 3 is 3.00 bits per heavy atom. The molecule has 2 aromatic rings. The van der Waals surface area contributed by atoms with Crippen LogP contribution in [0.1, 0.15) is 26.7 Å². The van der Waals surface area contributed by atoms with E-state index in [-0.39, 0.29) is 0 Å². The molecule has 5 nitrogen and oxygen atoms in total. The normalized spacial score (nSPS) is 14.6. The first kappa shape index (κ1) is 12.7. The molecule has 0 amide bonds. The van der Waals surface area contributed by atoms with E-state index >= 15 is 0 Å². The molecule has 0 bridgehead atoms. The number of nitrogen functional groups attached to an aromatic ring is 1. The molecule has 1 atom stereocenters. The molecule has 98 valence electrons. The van der Waals surface area contributed by atoms with Crippen molar-refractivity contribution in [3.63, 3.8) is 0 Å². The highest BCUT2D eigenvalue weighted by atomic mass is 16.3. The Labute approximate surface area is 106 Å². The van der Waals surface area contributed by atoms with Gasteiger partial charge in [-0.3, -0.25) is 5.10 Å². The van der Waals surface area contributed by atoms with E-state index in [1.54, 1.807) is 6.20 Å². The van der Waals surface area contributed by atoms with Crippen molar-refractivity contribution in [1.82, 2.24) is 10.2 Å². The Morgan fingerprint density at radius 2 is 2.28 bits per heavy atom. The molecular weight excluding hydrogens is 228 g/mol. The number of nitrogens with one attached hydrogen (secondary N) is 2. The van der Waals surface area contributed by atoms with Crippen LogP contribution in [0.15, 0.2) is 18.3 Å². The average Bonchev–Trinajstić information content (AvgIpc) is 2.72. The molecule has 0 aliphatic heterocycles. The molecule has 1 aromatic carbocycles. The third-order valence-corrected chi connectivity index (χ3v) is 3.06. The number of anilines is 2. The summed E-state index contributed by atoms with van der Waals surface area (Å²) in [4.78, 5) is 0. The van der Waals surface area contributed by atoms with Gasteiger partial charge in [0.05, 0.1) is 28.7 Å². The Bertz CT molecular complexity index is 533. The minimum Gasteiger partial charge on any atom is -0.397 e. The molecule has 0 aliphatic rings. The number of nitrogens with two attached hydrogens (primary N) is 1. The number of aliphatic hydroxyl groups is 1. The van der Waals surface area contributed by atoms with E-state index in [4.69, 9.17) is 5.73 Å². The van der Waals surface area contributed by atoms with Gasteiger partial charge < -0.3 is 16.2 Å². The fraction of sp³-hybridized carbons (Fsp3) is 0.462. The molecule has 0 spiro atoms. The lowest BCUT2D eigenvalue weighted by Crippen LogP contribution is -2.33. The first-order chi connectivity index (χ1) is 8.52. The van der Waals surface area contributed by atoms with Crippen LogP contribution in [0.2, 0.25) is 0 Å². The van der Waals surface area contributed by atoms with Crippen molar-refractivity contribution in [1.29, 1.82) is 0 Å². The molecule has 0 saturated heterocycles. The zero-order valence-corrected chi connectivity index (χ0v) is 10.8. The summed E-state index contributed by atoms with van der Waals surface area (Å²) in [5.41, 5.74) is 7.66. The van der Waals surface area contributed by atoms with E-state index in [1.165, 1.54) is 0 Å². The largest absolute Gasteiger partial charge is 0.397 e. The van der Waals surface area contributed by atoms with Gasteiger partial charge in [-0.25, -0.2) is 0 Å². The van der Waals surface area contributed by atoms with Gasteiger partial charge in [0.1, 0.15) is 0 Å². The van der Waals surface area contributed by atoms with E-state index < -0.39 is 5.60 Å². The van der Waals surface area contributed by atoms with Crippen molar-refractivity contribution in [2.75, 3.05) is 17.6 Å². The highest BCUT2D eigenvalue weighted by Crippen LogP contribution is 2.25. The predicted molar refractivity (Wildman–Crippen MR) is 74.5 cm³/mol. The first-order valence-electron chi connectivity index (χ1n) is 6.21. The van der Waals surface area contributed by atoms with Crippen LogP contribution in [0.25, 0.3) is 10.9 Å². The van der Waals surface area contributed by atoms with Crippen molar-refractivity contribution in [3.8, 4) is 0 Å². The van der Waals surface area contributed by atoms with E-state index in [2.05, 4.69) is 22.4 Å². The monoisotopic (exact) mass is 248 g/mol. The van der Waals surface area contributed by atoms with Gasteiger partial charge in [0.2, 0.25) is 0 Å². The summed E-state index contributed by atoms with van der Waals surface area (Å²) in [7, 11) is 0. The summed E-state index contributed by atoms with van der Waals surface area (Å²) in [6.45, 7) is 4.36. The van der Waals surface area contributed by atoms with Crippen LogP contribution in [-0.2, 0) is 0 Å². The summed E-state index contributed by atoms with van der Waals surface area (Å²) in [6.07, 6.45) is 3.44. The molecule has 0 fully saturated rings. The van der Waals surface area contributed by atoms with Crippen LogP contribution >= 0.6 is 0 Å². The molecule has 18 heavy (non-hydrogen) atoms. The lowest BCUT2D eigenvalue weighted by Gasteiger charge is -2.24. The Kier molecular flexibility index (Phi) is 3.43. The number of hydrogen-bond donors (Lipinski definition) is 4. The highest BCUT2D eigenvalue weighted by molar-refractivity contribution is 5.88. The second kappa shape index (κ2) is 4.86. The predicted octanol–water partition coefficient (Wildman–Crippen LogP) is 2.11. The molecule has 0 aliphatic carbocycles. The lowest BCUT2D eigenvalue weighted by molar-refractivity contribution is 0.0637. The third kappa shape index (κ3) is 2.73. The van der Waals surface area contributed by atoms with Gasteiger partial charge in [0, 0.05) is 11.9 Å². The topological polar surface area (TPSA) is 87.0 Å². The highest BCUT2D eigenvalue weighted by Gasteiger charge is 2.19. The Hall–Kier alpha value is -1.75. The van der Waals surface area contributed by atoms with E-state index in [0.717, 1.165) is 29.4 Å². The smallest absolute Gasteiger partial charge is 0.0791 e. The lowest BCUT2D eigenvalue weighted by atomic mass is 10.0. The van der Waals surface area contributed by atoms with Crippen LogP contribution in [0.4, 0.5) is 11.4 Å². The minimum atomic E-state index is -0.718. The molecule has 1 aromatic heterocycles. The second-order valence-corrected chi connectivity index (χ2v) is 5.00. The molecule has 1 heterocycles. The number of H-pyrrole nitrogens is 1. The van der Waals surface area contributed by atoms with Crippen molar-refractivity contribution in [2.45, 2.75) is 32.3 Å². The number of fused-ring (bicyclic) bond motifs is 1. The zero-order chi connectivity index (χ0) is 13.2. The minimum absolute atomic E-state index is 0.477. The fourth-order valence-electron chi connectivity index (χ4n) is 2.07. The van der Waals surface area contributed by atoms with E-state index in [1.807, 2.05) is 19.1 Å². The van der Waals surface area contributed by atoms with Crippen LogP contribution in [0.5, 0.6) is 0 Å². The van der Waals surface area contributed by atoms with Crippen LogP contribution in [0.3, 0.4) is 0 Å². The molecule has 2 rings (SSSR count). The van der Waals surface area contributed by atoms with Gasteiger partial charge in [-0.05, 0) is 25.5 Å². The number of aromatic nitrogens is 2. The van der Waals surface area contributed by atoms with Crippen molar-refractivity contribution in [2.24, 2.45) is 0 Å². The first-order valence-corrected chi connectivity index (χ1v) is 6.21. The van der Waals surface area contributed by atoms with Gasteiger partial charge in [-0.1, -0.05) is 13.3 Å². The van der Waals surface area contributed by atoms with Gasteiger partial charge in [-0.15, -0.1) is 0 Å². The number of aromatic amines is 1. The Morgan fingerprint density at radius 1 is 1.50 bits per heavy atom. The van der Waals surface area contributed by atoms with Gasteiger partial charge in [0.15, 0.2) is 0 Å². The summed E-state index contributed by atoms with van der Waals surface area (Å²) in [5, 5.41) is 21.2. The van der Waals surface area contributed by atoms with Crippen LogP contribution in [0, 0.1) is 0 Å². The number of nitrogens with zero attached hydrogens (tertiary/aromatic N) is 1. The van der Waals surface area contributed by atoms with E-state index in [0.29, 0.717) is 12.2 Å². The maximum Gasteiger partial charge on any atom is 0.0791 e. The van der Waals surface area contributed by atoms with Crippen molar-refractivity contribution < 1.29 is 5.11 Å². The number of benzene rings is 1. The summed E-state index contributed by atoms with van der Waals surface area (Å²) in [5.74, 6) is 0. The van der Waals surface area contributed by atoms with Crippen LogP contribution < -0.4 is 11.1 Å². The van der Waals surface area contributed by atoms with Crippen molar-refractivity contribution >= 4 is 22.3 Å². The SMILES string of the molecule is CCCC(C)(O)CNc1cc2[nH]ncc2cc1N. The number of rotatable bonds is 5. The Balaban J connectivity index is 2.13. The molecule has 0 saturated carbocycles.